The van der Waals surface area contributed by atoms with E-state index in [0.29, 0.717) is 28.8 Å². The van der Waals surface area contributed by atoms with Crippen LogP contribution in [0.15, 0.2) is 30.4 Å². The third-order valence-corrected chi connectivity index (χ3v) is 2.67. The molecule has 1 aromatic carbocycles. The highest BCUT2D eigenvalue weighted by Crippen LogP contribution is 2.24. The van der Waals surface area contributed by atoms with Crippen LogP contribution in [-0.2, 0) is 4.74 Å². The van der Waals surface area contributed by atoms with Crippen LogP contribution in [0.1, 0.15) is 13.3 Å². The van der Waals surface area contributed by atoms with Gasteiger partial charge in [0.1, 0.15) is 0 Å². The molecule has 3 nitrogen and oxygen atoms in total. The maximum Gasteiger partial charge on any atom is 0.411 e. The number of ether oxygens (including phenoxy) is 1. The molecule has 0 spiro atoms. The molecule has 0 heterocycles. The molecule has 1 aromatic rings. The first-order valence-corrected chi connectivity index (χ1v) is 5.78. The predicted octanol–water partition coefficient (Wildman–Crippen LogP) is 4.51. The smallest absolute Gasteiger partial charge is 0.411 e. The molecule has 1 rings (SSSR count). The largest absolute Gasteiger partial charge is 0.449 e. The van der Waals surface area contributed by atoms with Crippen molar-refractivity contribution in [2.75, 3.05) is 11.9 Å². The Morgan fingerprint density at radius 3 is 2.71 bits per heavy atom. The van der Waals surface area contributed by atoms with Gasteiger partial charge in [0.05, 0.1) is 16.7 Å². The lowest BCUT2D eigenvalue weighted by molar-refractivity contribution is 0.163. The minimum atomic E-state index is -0.523. The van der Waals surface area contributed by atoms with E-state index in [1.165, 1.54) is 0 Å². The molecule has 1 amide bonds. The van der Waals surface area contributed by atoms with Crippen molar-refractivity contribution in [1.82, 2.24) is 0 Å². The molecule has 0 aliphatic carbocycles. The Kier molecular flexibility index (Phi) is 5.32. The average Bonchev–Trinajstić information content (AvgIpc) is 2.23. The summed E-state index contributed by atoms with van der Waals surface area (Å²) in [6.45, 7) is 5.90. The van der Waals surface area contributed by atoms with E-state index in [4.69, 9.17) is 27.9 Å². The van der Waals surface area contributed by atoms with Gasteiger partial charge in [0, 0.05) is 12.1 Å². The highest BCUT2D eigenvalue weighted by Gasteiger charge is 2.05. The fraction of sp³-hybridized carbons (Fsp3) is 0.250. The van der Waals surface area contributed by atoms with E-state index in [1.54, 1.807) is 18.2 Å². The van der Waals surface area contributed by atoms with Crippen LogP contribution in [0.4, 0.5) is 10.5 Å². The van der Waals surface area contributed by atoms with Gasteiger partial charge < -0.3 is 4.74 Å². The van der Waals surface area contributed by atoms with Crippen molar-refractivity contribution in [2.45, 2.75) is 13.3 Å². The zero-order valence-electron chi connectivity index (χ0n) is 9.43. The van der Waals surface area contributed by atoms with Crippen molar-refractivity contribution < 1.29 is 9.53 Å². The van der Waals surface area contributed by atoms with Crippen LogP contribution in [0.3, 0.4) is 0 Å². The van der Waals surface area contributed by atoms with Gasteiger partial charge in [-0.3, -0.25) is 5.32 Å². The molecule has 1 N–H and O–H groups in total. The van der Waals surface area contributed by atoms with Crippen LogP contribution in [-0.4, -0.2) is 12.7 Å². The monoisotopic (exact) mass is 273 g/mol. The van der Waals surface area contributed by atoms with Crippen molar-refractivity contribution >= 4 is 35.0 Å². The third kappa shape index (κ3) is 5.11. The molecular formula is C12H13Cl2NO2. The van der Waals surface area contributed by atoms with Crippen LogP contribution in [0, 0.1) is 0 Å². The van der Waals surface area contributed by atoms with Gasteiger partial charge in [-0.05, 0) is 25.1 Å². The van der Waals surface area contributed by atoms with Gasteiger partial charge in [0.2, 0.25) is 0 Å². The first-order chi connectivity index (χ1) is 7.99. The fourth-order valence-corrected chi connectivity index (χ4v) is 1.34. The fourth-order valence-electron chi connectivity index (χ4n) is 1.05. The third-order valence-electron chi connectivity index (χ3n) is 1.93. The Morgan fingerprint density at radius 1 is 1.41 bits per heavy atom. The van der Waals surface area contributed by atoms with Gasteiger partial charge in [0.25, 0.3) is 0 Å². The van der Waals surface area contributed by atoms with Crippen molar-refractivity contribution in [3.8, 4) is 0 Å². The second-order valence-corrected chi connectivity index (χ2v) is 4.41. The number of hydrogen-bond donors (Lipinski definition) is 1. The predicted molar refractivity (Wildman–Crippen MR) is 70.9 cm³/mol. The van der Waals surface area contributed by atoms with Crippen LogP contribution in [0.25, 0.3) is 0 Å². The topological polar surface area (TPSA) is 38.3 Å². The molecule has 0 radical (unpaired) electrons. The van der Waals surface area contributed by atoms with Gasteiger partial charge in [0.15, 0.2) is 0 Å². The Labute approximate surface area is 110 Å². The summed E-state index contributed by atoms with van der Waals surface area (Å²) >= 11 is 11.6. The quantitative estimate of drug-likeness (QED) is 0.820. The zero-order chi connectivity index (χ0) is 12.8. The molecular weight excluding hydrogens is 261 g/mol. The number of benzene rings is 1. The second-order valence-electron chi connectivity index (χ2n) is 3.60. The molecule has 0 bridgehead atoms. The number of carbonyl (C=O) groups is 1. The molecule has 0 aliphatic heterocycles. The van der Waals surface area contributed by atoms with Crippen LogP contribution in [0.5, 0.6) is 0 Å². The summed E-state index contributed by atoms with van der Waals surface area (Å²) in [7, 11) is 0. The van der Waals surface area contributed by atoms with Crippen molar-refractivity contribution in [3.05, 3.63) is 40.4 Å². The highest BCUT2D eigenvalue weighted by atomic mass is 35.5. The molecule has 17 heavy (non-hydrogen) atoms. The van der Waals surface area contributed by atoms with E-state index >= 15 is 0 Å². The average molecular weight is 274 g/mol. The Bertz CT molecular complexity index is 433. The summed E-state index contributed by atoms with van der Waals surface area (Å²) < 4.78 is 4.94. The number of halogens is 2. The number of amides is 1. The molecule has 0 unspecified atom stereocenters. The molecule has 0 fully saturated rings. The molecule has 0 atom stereocenters. The van der Waals surface area contributed by atoms with Crippen molar-refractivity contribution in [2.24, 2.45) is 0 Å². The molecule has 0 saturated heterocycles. The summed E-state index contributed by atoms with van der Waals surface area (Å²) in [6.07, 6.45) is 0.124. The minimum Gasteiger partial charge on any atom is -0.449 e. The molecule has 0 aliphatic rings. The van der Waals surface area contributed by atoms with Gasteiger partial charge >= 0.3 is 6.09 Å². The number of hydrogen-bond acceptors (Lipinski definition) is 2. The standard InChI is InChI=1S/C12H13Cl2NO2/c1-8(2)5-6-17-12(16)15-9-3-4-10(13)11(14)7-9/h3-4,7H,1,5-6H2,2H3,(H,15,16). The van der Waals surface area contributed by atoms with E-state index in [2.05, 4.69) is 11.9 Å². The summed E-state index contributed by atoms with van der Waals surface area (Å²) in [4.78, 5) is 11.4. The molecule has 0 aromatic heterocycles. The Hall–Kier alpha value is -1.19. The first-order valence-electron chi connectivity index (χ1n) is 5.02. The maximum atomic E-state index is 11.4. The van der Waals surface area contributed by atoms with Gasteiger partial charge in [-0.25, -0.2) is 4.79 Å². The maximum absolute atomic E-state index is 11.4. The second kappa shape index (κ2) is 6.52. The molecule has 0 saturated carbocycles. The number of rotatable bonds is 4. The Morgan fingerprint density at radius 2 is 2.12 bits per heavy atom. The molecule has 5 heteroatoms. The van der Waals surface area contributed by atoms with E-state index in [-0.39, 0.29) is 0 Å². The summed E-state index contributed by atoms with van der Waals surface area (Å²) in [5, 5.41) is 3.37. The molecule has 92 valence electrons. The first kappa shape index (κ1) is 13.9. The van der Waals surface area contributed by atoms with Crippen molar-refractivity contribution in [3.63, 3.8) is 0 Å². The summed E-state index contributed by atoms with van der Waals surface area (Å²) in [5.74, 6) is 0. The SMILES string of the molecule is C=C(C)CCOC(=O)Nc1ccc(Cl)c(Cl)c1. The lowest BCUT2D eigenvalue weighted by atomic mass is 10.3. The van der Waals surface area contributed by atoms with E-state index in [0.717, 1.165) is 5.57 Å². The number of nitrogens with one attached hydrogen (secondary N) is 1. The lowest BCUT2D eigenvalue weighted by Gasteiger charge is -2.07. The van der Waals surface area contributed by atoms with Crippen LogP contribution < -0.4 is 5.32 Å². The van der Waals surface area contributed by atoms with Crippen LogP contribution >= 0.6 is 23.2 Å². The Balaban J connectivity index is 2.45. The number of anilines is 1. The minimum absolute atomic E-state index is 0.308. The zero-order valence-corrected chi connectivity index (χ0v) is 10.9. The number of carbonyl (C=O) groups excluding carboxylic acids is 1. The van der Waals surface area contributed by atoms with Gasteiger partial charge in [-0.1, -0.05) is 28.8 Å². The highest BCUT2D eigenvalue weighted by molar-refractivity contribution is 6.42. The summed E-state index contributed by atoms with van der Waals surface area (Å²) in [6, 6.07) is 4.81. The lowest BCUT2D eigenvalue weighted by Crippen LogP contribution is -2.14. The van der Waals surface area contributed by atoms with E-state index in [9.17, 15) is 4.79 Å². The van der Waals surface area contributed by atoms with Gasteiger partial charge in [-0.15, -0.1) is 6.58 Å². The summed E-state index contributed by atoms with van der Waals surface area (Å²) in [5.41, 5.74) is 1.51. The van der Waals surface area contributed by atoms with Crippen molar-refractivity contribution in [1.29, 1.82) is 0 Å². The van der Waals surface area contributed by atoms with Gasteiger partial charge in [-0.2, -0.15) is 0 Å². The van der Waals surface area contributed by atoms with Crippen LogP contribution in [0.2, 0.25) is 10.0 Å². The van der Waals surface area contributed by atoms with E-state index < -0.39 is 6.09 Å². The normalized spacial score (nSPS) is 9.82. The van der Waals surface area contributed by atoms with E-state index in [1.807, 2.05) is 6.92 Å².